The van der Waals surface area contributed by atoms with Gasteiger partial charge in [0.05, 0.1) is 40.1 Å². The van der Waals surface area contributed by atoms with E-state index in [0.717, 1.165) is 29.8 Å². The van der Waals surface area contributed by atoms with Crippen molar-refractivity contribution in [2.75, 3.05) is 23.8 Å². The number of carbonyl (C=O) groups excluding carboxylic acids is 1. The van der Waals surface area contributed by atoms with E-state index >= 15 is 0 Å². The molecule has 2 aliphatic carbocycles. The number of aliphatic hydroxyl groups is 1. The van der Waals surface area contributed by atoms with Crippen LogP contribution in [0.2, 0.25) is 0 Å². The summed E-state index contributed by atoms with van der Waals surface area (Å²) in [6.07, 6.45) is 12.5. The van der Waals surface area contributed by atoms with E-state index in [2.05, 4.69) is 30.7 Å². The van der Waals surface area contributed by atoms with Gasteiger partial charge in [-0.2, -0.15) is 9.19 Å². The van der Waals surface area contributed by atoms with Crippen molar-refractivity contribution in [3.8, 4) is 11.4 Å². The summed E-state index contributed by atoms with van der Waals surface area (Å²) in [5.41, 5.74) is 1.09. The smallest absolute Gasteiger partial charge is 0.256 e. The van der Waals surface area contributed by atoms with Crippen LogP contribution in [0.4, 0.5) is 17.3 Å². The van der Waals surface area contributed by atoms with Crippen LogP contribution in [0.5, 0.6) is 0 Å². The summed E-state index contributed by atoms with van der Waals surface area (Å²) in [7, 11) is -3.49. The third-order valence-electron chi connectivity index (χ3n) is 8.38. The van der Waals surface area contributed by atoms with E-state index in [0.29, 0.717) is 85.5 Å². The van der Waals surface area contributed by atoms with Gasteiger partial charge in [0.15, 0.2) is 11.6 Å². The van der Waals surface area contributed by atoms with Crippen molar-refractivity contribution in [1.29, 1.82) is 0 Å². The highest BCUT2D eigenvalue weighted by Gasteiger charge is 2.37. The summed E-state index contributed by atoms with van der Waals surface area (Å²) < 4.78 is 31.5. The first-order valence-corrected chi connectivity index (χ1v) is 16.2. The van der Waals surface area contributed by atoms with Gasteiger partial charge in [0.2, 0.25) is 0 Å². The summed E-state index contributed by atoms with van der Waals surface area (Å²) in [4.78, 5) is 26.8. The van der Waals surface area contributed by atoms with Gasteiger partial charge in [-0.15, -0.1) is 0 Å². The van der Waals surface area contributed by atoms with Gasteiger partial charge in [0, 0.05) is 44.1 Å². The van der Waals surface area contributed by atoms with Crippen LogP contribution in [0.25, 0.3) is 11.4 Å². The fraction of sp³-hybridized carbons (Fsp3) is 0.552. The topological polar surface area (TPSA) is 161 Å². The zero-order valence-electron chi connectivity index (χ0n) is 23.7. The van der Waals surface area contributed by atoms with Crippen molar-refractivity contribution in [2.45, 2.75) is 81.6 Å². The highest BCUT2D eigenvalue weighted by Crippen LogP contribution is 2.33. The molecular weight excluding hydrogens is 558 g/mol. The maximum atomic E-state index is 13.4. The Labute approximate surface area is 245 Å². The lowest BCUT2D eigenvalue weighted by Gasteiger charge is -2.34. The molecule has 0 unspecified atom stereocenters. The number of rotatable bonds is 10. The third-order valence-corrected chi connectivity index (χ3v) is 10.4. The second-order valence-electron chi connectivity index (χ2n) is 12.0. The molecule has 0 radical (unpaired) electrons. The van der Waals surface area contributed by atoms with E-state index in [1.807, 2.05) is 13.0 Å². The minimum Gasteiger partial charge on any atom is -0.390 e. The van der Waals surface area contributed by atoms with Crippen LogP contribution < -0.4 is 10.6 Å². The average molecular weight is 596 g/mol. The van der Waals surface area contributed by atoms with Crippen LogP contribution in [-0.2, 0) is 14.8 Å². The number of nitrogens with zero attached hydrogens (tertiary/aromatic N) is 5. The Morgan fingerprint density at radius 2 is 1.86 bits per heavy atom. The van der Waals surface area contributed by atoms with Gasteiger partial charge < -0.3 is 20.5 Å². The molecule has 12 nitrogen and oxygen atoms in total. The highest BCUT2D eigenvalue weighted by molar-refractivity contribution is 7.90. The van der Waals surface area contributed by atoms with Gasteiger partial charge in [-0.05, 0) is 70.3 Å². The van der Waals surface area contributed by atoms with E-state index < -0.39 is 15.6 Å². The number of nitrogens with one attached hydrogen (secondary N) is 2. The van der Waals surface area contributed by atoms with Crippen LogP contribution in [-0.4, -0.2) is 73.6 Å². The van der Waals surface area contributed by atoms with Gasteiger partial charge in [0.25, 0.3) is 10.0 Å². The van der Waals surface area contributed by atoms with Crippen molar-refractivity contribution in [3.05, 3.63) is 42.5 Å². The SMILES string of the molecule is CC1(O)CCC(Nc2cc(Nc3ccnc(-c4cnn(S(=O)(=O)C5CC5)c4)n3)ncc2C(=O)CC2CCOCC2)CC1. The summed E-state index contributed by atoms with van der Waals surface area (Å²) in [6, 6.07) is 3.65. The Morgan fingerprint density at radius 1 is 1.10 bits per heavy atom. The van der Waals surface area contributed by atoms with Crippen LogP contribution in [0.1, 0.15) is 75.1 Å². The maximum Gasteiger partial charge on any atom is 0.256 e. The molecule has 0 aromatic carbocycles. The number of pyridine rings is 1. The lowest BCUT2D eigenvalue weighted by molar-refractivity contribution is 0.0196. The van der Waals surface area contributed by atoms with Gasteiger partial charge in [-0.3, -0.25) is 4.79 Å². The monoisotopic (exact) mass is 595 g/mol. The number of aromatic nitrogens is 5. The Bertz CT molecular complexity index is 1540. The fourth-order valence-corrected chi connectivity index (χ4v) is 7.04. The summed E-state index contributed by atoms with van der Waals surface area (Å²) in [6.45, 7) is 3.24. The quantitative estimate of drug-likeness (QED) is 0.291. The molecule has 3 aromatic rings. The van der Waals surface area contributed by atoms with Crippen molar-refractivity contribution >= 4 is 33.1 Å². The number of Topliss-reactive ketones (excluding diaryl/α,β-unsaturated/α-hetero) is 1. The number of anilines is 3. The molecule has 3 aliphatic rings. The predicted octanol–water partition coefficient (Wildman–Crippen LogP) is 3.92. The molecule has 42 heavy (non-hydrogen) atoms. The largest absolute Gasteiger partial charge is 0.390 e. The second kappa shape index (κ2) is 11.7. The van der Waals surface area contributed by atoms with Crippen molar-refractivity contribution in [3.63, 3.8) is 0 Å². The summed E-state index contributed by atoms with van der Waals surface area (Å²) in [5.74, 6) is 1.64. The molecule has 3 N–H and O–H groups in total. The fourth-order valence-electron chi connectivity index (χ4n) is 5.57. The number of ketones is 1. The van der Waals surface area contributed by atoms with Crippen molar-refractivity contribution in [1.82, 2.24) is 24.1 Å². The molecule has 0 atom stereocenters. The minimum absolute atomic E-state index is 0.0498. The first kappa shape index (κ1) is 28.7. The lowest BCUT2D eigenvalue weighted by Crippen LogP contribution is -2.36. The first-order chi connectivity index (χ1) is 20.2. The van der Waals surface area contributed by atoms with E-state index in [-0.39, 0.29) is 17.1 Å². The number of hydrogen-bond acceptors (Lipinski definition) is 11. The van der Waals surface area contributed by atoms with Gasteiger partial charge >= 0.3 is 0 Å². The average Bonchev–Trinajstić information content (AvgIpc) is 3.72. The summed E-state index contributed by atoms with van der Waals surface area (Å²) >= 11 is 0. The molecule has 0 amide bonds. The van der Waals surface area contributed by atoms with E-state index in [1.54, 1.807) is 18.5 Å². The Hall–Kier alpha value is -3.42. The molecule has 1 aliphatic heterocycles. The molecule has 0 spiro atoms. The van der Waals surface area contributed by atoms with Gasteiger partial charge in [0.1, 0.15) is 11.6 Å². The van der Waals surface area contributed by atoms with E-state index in [9.17, 15) is 18.3 Å². The van der Waals surface area contributed by atoms with E-state index in [1.165, 1.54) is 12.4 Å². The molecule has 0 bridgehead atoms. The first-order valence-electron chi connectivity index (χ1n) is 14.7. The molecule has 4 heterocycles. The summed E-state index contributed by atoms with van der Waals surface area (Å²) in [5, 5.41) is 20.8. The molecule has 3 fully saturated rings. The zero-order chi connectivity index (χ0) is 29.3. The van der Waals surface area contributed by atoms with Crippen molar-refractivity contribution < 1.29 is 23.1 Å². The Kier molecular flexibility index (Phi) is 7.99. The van der Waals surface area contributed by atoms with Crippen LogP contribution in [0.3, 0.4) is 0 Å². The van der Waals surface area contributed by atoms with Crippen LogP contribution in [0.15, 0.2) is 36.9 Å². The number of hydrogen-bond donors (Lipinski definition) is 3. The standard InChI is InChI=1S/C29H37N7O5S/c1-29(38)9-4-21(5-10-29)33-24-15-27(31-17-23(24)25(37)14-19-7-12-41-13-8-19)34-26-6-11-30-28(35-26)20-16-32-36(18-20)42(39,40)22-2-3-22/h6,11,15-19,21-22,38H,2-5,7-10,12-14H2,1H3,(H2,30,31,33,34,35). The highest BCUT2D eigenvalue weighted by atomic mass is 32.2. The van der Waals surface area contributed by atoms with E-state index in [4.69, 9.17) is 4.74 Å². The van der Waals surface area contributed by atoms with Gasteiger partial charge in [-0.1, -0.05) is 0 Å². The van der Waals surface area contributed by atoms with Crippen LogP contribution >= 0.6 is 0 Å². The van der Waals surface area contributed by atoms with Crippen LogP contribution in [0, 0.1) is 5.92 Å². The molecule has 2 saturated carbocycles. The molecule has 6 rings (SSSR count). The Morgan fingerprint density at radius 3 is 2.60 bits per heavy atom. The molecule has 3 aromatic heterocycles. The lowest BCUT2D eigenvalue weighted by atomic mass is 9.83. The number of ether oxygens (including phenoxy) is 1. The van der Waals surface area contributed by atoms with Crippen molar-refractivity contribution in [2.24, 2.45) is 5.92 Å². The van der Waals surface area contributed by atoms with Gasteiger partial charge in [-0.25, -0.2) is 23.4 Å². The molecule has 13 heteroatoms. The maximum absolute atomic E-state index is 13.4. The minimum atomic E-state index is -3.49. The molecular formula is C29H37N7O5S. The Balaban J connectivity index is 1.22. The normalized spacial score (nSPS) is 23.4. The third kappa shape index (κ3) is 6.63. The zero-order valence-corrected chi connectivity index (χ0v) is 24.5. The number of carbonyl (C=O) groups is 1. The second-order valence-corrected chi connectivity index (χ2v) is 14.0. The molecule has 224 valence electrons. The molecule has 1 saturated heterocycles. The predicted molar refractivity (Wildman–Crippen MR) is 157 cm³/mol.